The Balaban J connectivity index is 1.09. The lowest BCUT2D eigenvalue weighted by Crippen LogP contribution is -2.48. The van der Waals surface area contributed by atoms with Crippen LogP contribution in [0.3, 0.4) is 0 Å². The molecule has 46 heavy (non-hydrogen) atoms. The van der Waals surface area contributed by atoms with Crippen molar-refractivity contribution in [2.45, 2.75) is 43.9 Å². The van der Waals surface area contributed by atoms with E-state index in [2.05, 4.69) is 78.9 Å². The molecule has 4 fully saturated rings. The highest BCUT2D eigenvalue weighted by atomic mass is 15.0. The molecule has 0 amide bonds. The molecule has 5 aromatic carbocycles. The topological polar surface area (TPSA) is 62.5 Å². The third kappa shape index (κ3) is 4.62. The maximum Gasteiger partial charge on any atom is 0.164 e. The molecule has 0 N–H and O–H groups in total. The standard InChI is InChI=1S/C42H34N4/c43-26-34-8-4-11-38-36(9-5-10-37(34)38)30-12-14-32(15-13-30)40-44-39(31-6-2-1-3-7-31)45-41(46-40)33-16-18-35(19-17-33)42-23-27-20-28(24-42)22-29(21-27)25-42/h1-19,27-29H,20-25H2. The highest BCUT2D eigenvalue weighted by Crippen LogP contribution is 2.60. The molecule has 1 aromatic heterocycles. The molecular formula is C42H34N4. The van der Waals surface area contributed by atoms with Gasteiger partial charge in [-0.25, -0.2) is 15.0 Å². The van der Waals surface area contributed by atoms with E-state index in [0.29, 0.717) is 28.5 Å². The fraction of sp³-hybridized carbons (Fsp3) is 0.238. The van der Waals surface area contributed by atoms with Crippen LogP contribution in [0, 0.1) is 29.1 Å². The van der Waals surface area contributed by atoms with E-state index in [-0.39, 0.29) is 0 Å². The molecule has 4 nitrogen and oxygen atoms in total. The van der Waals surface area contributed by atoms with E-state index in [0.717, 1.165) is 56.3 Å². The van der Waals surface area contributed by atoms with Crippen molar-refractivity contribution in [2.75, 3.05) is 0 Å². The van der Waals surface area contributed by atoms with Crippen LogP contribution in [0.15, 0.2) is 115 Å². The summed E-state index contributed by atoms with van der Waals surface area (Å²) in [6, 6.07) is 42.2. The smallest absolute Gasteiger partial charge is 0.164 e. The highest BCUT2D eigenvalue weighted by Gasteiger charge is 2.51. The highest BCUT2D eigenvalue weighted by molar-refractivity contribution is 5.99. The number of fused-ring (bicyclic) bond motifs is 1. The first-order valence-corrected chi connectivity index (χ1v) is 16.6. The van der Waals surface area contributed by atoms with E-state index in [1.165, 1.54) is 44.1 Å². The molecular weight excluding hydrogens is 560 g/mol. The van der Waals surface area contributed by atoms with Crippen LogP contribution in [0.2, 0.25) is 0 Å². The lowest BCUT2D eigenvalue weighted by atomic mass is 9.48. The predicted octanol–water partition coefficient (Wildman–Crippen LogP) is 10.0. The van der Waals surface area contributed by atoms with Crippen LogP contribution in [-0.4, -0.2) is 15.0 Å². The summed E-state index contributed by atoms with van der Waals surface area (Å²) in [6.07, 6.45) is 8.46. The van der Waals surface area contributed by atoms with Crippen LogP contribution < -0.4 is 0 Å². The van der Waals surface area contributed by atoms with Crippen molar-refractivity contribution in [2.24, 2.45) is 17.8 Å². The molecule has 0 unspecified atom stereocenters. The molecule has 4 aliphatic carbocycles. The summed E-state index contributed by atoms with van der Waals surface area (Å²) < 4.78 is 0. The van der Waals surface area contributed by atoms with Crippen molar-refractivity contribution in [1.82, 2.24) is 15.0 Å². The minimum atomic E-state index is 0.370. The van der Waals surface area contributed by atoms with Gasteiger partial charge < -0.3 is 0 Å². The summed E-state index contributed by atoms with van der Waals surface area (Å²) in [4.78, 5) is 15.0. The second-order valence-electron chi connectivity index (χ2n) is 13.8. The summed E-state index contributed by atoms with van der Waals surface area (Å²) in [6.45, 7) is 0. The van der Waals surface area contributed by atoms with Gasteiger partial charge in [-0.05, 0) is 89.8 Å². The zero-order valence-electron chi connectivity index (χ0n) is 25.7. The zero-order valence-corrected chi connectivity index (χ0v) is 25.7. The van der Waals surface area contributed by atoms with Crippen LogP contribution in [0.25, 0.3) is 56.1 Å². The Morgan fingerprint density at radius 3 is 1.59 bits per heavy atom. The van der Waals surface area contributed by atoms with Gasteiger partial charge in [0.2, 0.25) is 0 Å². The van der Waals surface area contributed by atoms with Gasteiger partial charge in [0.1, 0.15) is 0 Å². The molecule has 0 saturated heterocycles. The van der Waals surface area contributed by atoms with Gasteiger partial charge in [-0.3, -0.25) is 0 Å². The van der Waals surface area contributed by atoms with E-state index in [9.17, 15) is 5.26 Å². The predicted molar refractivity (Wildman–Crippen MR) is 184 cm³/mol. The Hall–Kier alpha value is -5.14. The second-order valence-corrected chi connectivity index (χ2v) is 13.8. The molecule has 0 atom stereocenters. The van der Waals surface area contributed by atoms with Gasteiger partial charge in [0.05, 0.1) is 11.6 Å². The first-order valence-electron chi connectivity index (χ1n) is 16.6. The number of nitriles is 1. The van der Waals surface area contributed by atoms with Crippen LogP contribution in [0.5, 0.6) is 0 Å². The molecule has 1 heterocycles. The molecule has 4 aliphatic rings. The molecule has 4 heteroatoms. The van der Waals surface area contributed by atoms with Gasteiger partial charge in [0, 0.05) is 22.1 Å². The van der Waals surface area contributed by atoms with Crippen LogP contribution in [-0.2, 0) is 5.41 Å². The van der Waals surface area contributed by atoms with Crippen LogP contribution in [0.4, 0.5) is 0 Å². The number of nitrogens with zero attached hydrogens (tertiary/aromatic N) is 4. The van der Waals surface area contributed by atoms with Crippen molar-refractivity contribution in [1.29, 1.82) is 5.26 Å². The third-order valence-electron chi connectivity index (χ3n) is 11.0. The molecule has 10 rings (SSSR count). The molecule has 0 radical (unpaired) electrons. The fourth-order valence-electron chi connectivity index (χ4n) is 9.25. The molecule has 6 aromatic rings. The summed E-state index contributed by atoms with van der Waals surface area (Å²) in [5.74, 6) is 4.80. The van der Waals surface area contributed by atoms with E-state index < -0.39 is 0 Å². The minimum Gasteiger partial charge on any atom is -0.208 e. The number of aromatic nitrogens is 3. The Labute approximate surface area is 269 Å². The Bertz CT molecular complexity index is 2090. The van der Waals surface area contributed by atoms with Gasteiger partial charge >= 0.3 is 0 Å². The monoisotopic (exact) mass is 594 g/mol. The first kappa shape index (κ1) is 27.2. The van der Waals surface area contributed by atoms with E-state index in [4.69, 9.17) is 15.0 Å². The normalized spacial score (nSPS) is 23.0. The summed E-state index contributed by atoms with van der Waals surface area (Å²) in [7, 11) is 0. The van der Waals surface area contributed by atoms with Gasteiger partial charge in [0.15, 0.2) is 17.5 Å². The molecule has 0 aliphatic heterocycles. The number of hydrogen-bond acceptors (Lipinski definition) is 4. The minimum absolute atomic E-state index is 0.370. The van der Waals surface area contributed by atoms with Crippen molar-refractivity contribution >= 4 is 10.8 Å². The van der Waals surface area contributed by atoms with Crippen molar-refractivity contribution in [3.8, 4) is 51.4 Å². The SMILES string of the molecule is N#Cc1cccc2c(-c3ccc(-c4nc(-c5ccccc5)nc(-c5ccc(C67CC8CC(CC(C8)C6)C7)cc5)n4)cc3)cccc12. The van der Waals surface area contributed by atoms with Crippen LogP contribution in [0.1, 0.15) is 49.7 Å². The van der Waals surface area contributed by atoms with Gasteiger partial charge in [-0.2, -0.15) is 5.26 Å². The summed E-state index contributed by atoms with van der Waals surface area (Å²) in [5, 5.41) is 11.7. The maximum atomic E-state index is 9.62. The summed E-state index contributed by atoms with van der Waals surface area (Å²) in [5.41, 5.74) is 7.69. The lowest BCUT2D eigenvalue weighted by Gasteiger charge is -2.57. The summed E-state index contributed by atoms with van der Waals surface area (Å²) >= 11 is 0. The van der Waals surface area contributed by atoms with Crippen molar-refractivity contribution in [3.63, 3.8) is 0 Å². The molecule has 4 bridgehead atoms. The van der Waals surface area contributed by atoms with Crippen molar-refractivity contribution < 1.29 is 0 Å². The Morgan fingerprint density at radius 1 is 0.500 bits per heavy atom. The average molecular weight is 595 g/mol. The lowest BCUT2D eigenvalue weighted by molar-refractivity contribution is -0.00518. The van der Waals surface area contributed by atoms with E-state index >= 15 is 0 Å². The number of benzene rings is 5. The van der Waals surface area contributed by atoms with E-state index in [1.54, 1.807) is 0 Å². The zero-order chi connectivity index (χ0) is 30.7. The average Bonchev–Trinajstić information content (AvgIpc) is 3.11. The van der Waals surface area contributed by atoms with Gasteiger partial charge in [-0.15, -0.1) is 0 Å². The Kier molecular flexibility index (Phi) is 6.35. The maximum absolute atomic E-state index is 9.62. The first-order chi connectivity index (χ1) is 22.6. The van der Waals surface area contributed by atoms with Gasteiger partial charge in [-0.1, -0.05) is 109 Å². The number of rotatable bonds is 5. The quantitative estimate of drug-likeness (QED) is 0.199. The fourth-order valence-corrected chi connectivity index (χ4v) is 9.25. The van der Waals surface area contributed by atoms with Crippen molar-refractivity contribution in [3.05, 3.63) is 126 Å². The third-order valence-corrected chi connectivity index (χ3v) is 11.0. The Morgan fingerprint density at radius 2 is 1.00 bits per heavy atom. The molecule has 0 spiro atoms. The van der Waals surface area contributed by atoms with Crippen LogP contribution >= 0.6 is 0 Å². The molecule has 4 saturated carbocycles. The molecule has 222 valence electrons. The number of hydrogen-bond donors (Lipinski definition) is 0. The van der Waals surface area contributed by atoms with Gasteiger partial charge in [0.25, 0.3) is 0 Å². The largest absolute Gasteiger partial charge is 0.208 e. The second kappa shape index (κ2) is 10.7. The van der Waals surface area contributed by atoms with E-state index in [1.807, 2.05) is 42.5 Å².